The molecule has 1 aliphatic carbocycles. The minimum absolute atomic E-state index is 0.206. The van der Waals surface area contributed by atoms with Crippen LogP contribution in [0.25, 0.3) is 0 Å². The van der Waals surface area contributed by atoms with Gasteiger partial charge in [-0.3, -0.25) is 14.4 Å². The highest BCUT2D eigenvalue weighted by atomic mass is 16.2. The molecule has 0 aromatic heterocycles. The lowest BCUT2D eigenvalue weighted by Gasteiger charge is -2.19. The molecule has 0 unspecified atom stereocenters. The van der Waals surface area contributed by atoms with Crippen molar-refractivity contribution in [1.82, 2.24) is 0 Å². The van der Waals surface area contributed by atoms with Crippen LogP contribution in [0.5, 0.6) is 0 Å². The fraction of sp³-hybridized carbons (Fsp3) is 0.160. The second kappa shape index (κ2) is 7.26. The maximum Gasteiger partial charge on any atom is 0.266 e. The molecule has 0 radical (unpaired) electrons. The third-order valence-corrected chi connectivity index (χ3v) is 5.83. The van der Waals surface area contributed by atoms with Gasteiger partial charge in [0.15, 0.2) is 0 Å². The van der Waals surface area contributed by atoms with E-state index in [1.165, 1.54) is 17.5 Å². The Morgan fingerprint density at radius 2 is 1.43 bits per heavy atom. The first-order valence-electron chi connectivity index (χ1n) is 10.1. The highest BCUT2D eigenvalue weighted by molar-refractivity contribution is 6.34. The quantitative estimate of drug-likeness (QED) is 0.657. The molecule has 2 aliphatic rings. The molecule has 0 saturated heterocycles. The third-order valence-electron chi connectivity index (χ3n) is 5.83. The van der Waals surface area contributed by atoms with Gasteiger partial charge in [0.05, 0.1) is 16.8 Å². The van der Waals surface area contributed by atoms with Crippen LogP contribution in [-0.2, 0) is 12.8 Å². The highest BCUT2D eigenvalue weighted by Crippen LogP contribution is 2.30. The summed E-state index contributed by atoms with van der Waals surface area (Å²) in [5.74, 6) is -0.893. The summed E-state index contributed by atoms with van der Waals surface area (Å²) in [5, 5.41) is 3.02. The van der Waals surface area contributed by atoms with E-state index in [-0.39, 0.29) is 17.7 Å². The highest BCUT2D eigenvalue weighted by Gasteiger charge is 2.36. The van der Waals surface area contributed by atoms with Gasteiger partial charge in [-0.25, -0.2) is 4.90 Å². The standard InChI is InChI=1S/C25H20N2O3/c28-23(26-22-11-5-7-16-6-1-2-8-19(16)22)17-12-14-18(15-13-17)27-24(29)20-9-3-4-10-21(20)25(27)30/h3-5,7,9-15H,1-2,6,8H2,(H,26,28). The topological polar surface area (TPSA) is 66.5 Å². The Bertz CT molecular complexity index is 1150. The van der Waals surface area contributed by atoms with Crippen LogP contribution in [0, 0.1) is 0 Å². The fourth-order valence-corrected chi connectivity index (χ4v) is 4.28. The van der Waals surface area contributed by atoms with E-state index < -0.39 is 0 Å². The Morgan fingerprint density at radius 3 is 2.13 bits per heavy atom. The lowest BCUT2D eigenvalue weighted by molar-refractivity contribution is 0.0925. The predicted octanol–water partition coefficient (Wildman–Crippen LogP) is 4.62. The molecule has 3 aromatic carbocycles. The van der Waals surface area contributed by atoms with Gasteiger partial charge >= 0.3 is 0 Å². The molecule has 30 heavy (non-hydrogen) atoms. The zero-order valence-electron chi connectivity index (χ0n) is 16.4. The Morgan fingerprint density at radius 1 is 0.767 bits per heavy atom. The summed E-state index contributed by atoms with van der Waals surface area (Å²) in [6, 6.07) is 19.4. The Labute approximate surface area is 174 Å². The molecule has 0 fully saturated rings. The molecule has 1 heterocycles. The van der Waals surface area contributed by atoms with Crippen molar-refractivity contribution in [2.45, 2.75) is 25.7 Å². The van der Waals surface area contributed by atoms with E-state index in [2.05, 4.69) is 11.4 Å². The molecular formula is C25H20N2O3. The number of carbonyl (C=O) groups excluding carboxylic acids is 3. The maximum absolute atomic E-state index is 12.8. The number of carbonyl (C=O) groups is 3. The van der Waals surface area contributed by atoms with Gasteiger partial charge in [0.2, 0.25) is 0 Å². The molecule has 1 aliphatic heterocycles. The van der Waals surface area contributed by atoms with Crippen molar-refractivity contribution < 1.29 is 14.4 Å². The maximum atomic E-state index is 12.8. The molecule has 0 atom stereocenters. The average Bonchev–Trinajstić information content (AvgIpc) is 3.04. The number of hydrogen-bond acceptors (Lipinski definition) is 3. The second-order valence-corrected chi connectivity index (χ2v) is 7.64. The second-order valence-electron chi connectivity index (χ2n) is 7.64. The van der Waals surface area contributed by atoms with E-state index in [1.54, 1.807) is 48.5 Å². The summed E-state index contributed by atoms with van der Waals surface area (Å²) in [6.45, 7) is 0. The van der Waals surface area contributed by atoms with Gasteiger partial charge < -0.3 is 5.32 Å². The first-order chi connectivity index (χ1) is 14.6. The molecule has 3 aromatic rings. The van der Waals surface area contributed by atoms with Crippen LogP contribution in [0.2, 0.25) is 0 Å². The van der Waals surface area contributed by atoms with Gasteiger partial charge in [-0.15, -0.1) is 0 Å². The van der Waals surface area contributed by atoms with E-state index in [1.807, 2.05) is 12.1 Å². The van der Waals surface area contributed by atoms with Gasteiger partial charge in [0.25, 0.3) is 17.7 Å². The molecule has 5 heteroatoms. The largest absolute Gasteiger partial charge is 0.322 e. The van der Waals surface area contributed by atoms with Gasteiger partial charge in [0, 0.05) is 11.3 Å². The van der Waals surface area contributed by atoms with Crippen molar-refractivity contribution in [2.24, 2.45) is 0 Å². The minimum Gasteiger partial charge on any atom is -0.322 e. The van der Waals surface area contributed by atoms with Gasteiger partial charge in [-0.05, 0) is 79.3 Å². The zero-order chi connectivity index (χ0) is 20.7. The van der Waals surface area contributed by atoms with Crippen molar-refractivity contribution in [1.29, 1.82) is 0 Å². The van der Waals surface area contributed by atoms with Crippen LogP contribution >= 0.6 is 0 Å². The number of nitrogens with one attached hydrogen (secondary N) is 1. The molecule has 148 valence electrons. The lowest BCUT2D eigenvalue weighted by Crippen LogP contribution is -2.29. The van der Waals surface area contributed by atoms with E-state index in [9.17, 15) is 14.4 Å². The first-order valence-corrected chi connectivity index (χ1v) is 10.1. The van der Waals surface area contributed by atoms with E-state index >= 15 is 0 Å². The minimum atomic E-state index is -0.344. The van der Waals surface area contributed by atoms with Crippen LogP contribution < -0.4 is 10.2 Å². The number of hydrogen-bond donors (Lipinski definition) is 1. The van der Waals surface area contributed by atoms with Crippen molar-refractivity contribution in [3.8, 4) is 0 Å². The van der Waals surface area contributed by atoms with Crippen LogP contribution in [-0.4, -0.2) is 17.7 Å². The summed E-state index contributed by atoms with van der Waals surface area (Å²) in [6.07, 6.45) is 4.34. The Balaban J connectivity index is 1.37. The monoisotopic (exact) mass is 396 g/mol. The molecule has 0 bridgehead atoms. The van der Waals surface area contributed by atoms with E-state index in [0.29, 0.717) is 22.4 Å². The number of anilines is 2. The van der Waals surface area contributed by atoms with Crippen LogP contribution in [0.4, 0.5) is 11.4 Å². The van der Waals surface area contributed by atoms with Gasteiger partial charge in [-0.2, -0.15) is 0 Å². The normalized spacial score (nSPS) is 15.0. The predicted molar refractivity (Wildman–Crippen MR) is 115 cm³/mol. The van der Waals surface area contributed by atoms with Gasteiger partial charge in [0.1, 0.15) is 0 Å². The Hall–Kier alpha value is -3.73. The Kier molecular flexibility index (Phi) is 4.43. The number of fused-ring (bicyclic) bond motifs is 2. The molecule has 0 saturated carbocycles. The van der Waals surface area contributed by atoms with Crippen LogP contribution in [0.3, 0.4) is 0 Å². The molecule has 3 amide bonds. The number of rotatable bonds is 3. The smallest absolute Gasteiger partial charge is 0.266 e. The molecule has 0 spiro atoms. The molecular weight excluding hydrogens is 376 g/mol. The zero-order valence-corrected chi connectivity index (χ0v) is 16.4. The summed E-state index contributed by atoms with van der Waals surface area (Å²) < 4.78 is 0. The summed E-state index contributed by atoms with van der Waals surface area (Å²) in [4.78, 5) is 39.2. The van der Waals surface area contributed by atoms with E-state index in [0.717, 1.165) is 29.8 Å². The van der Waals surface area contributed by atoms with Crippen molar-refractivity contribution in [3.05, 3.63) is 94.5 Å². The fourth-order valence-electron chi connectivity index (χ4n) is 4.28. The number of imide groups is 1. The van der Waals surface area contributed by atoms with Crippen molar-refractivity contribution in [2.75, 3.05) is 10.2 Å². The third kappa shape index (κ3) is 2.99. The van der Waals surface area contributed by atoms with Crippen LogP contribution in [0.1, 0.15) is 55.0 Å². The van der Waals surface area contributed by atoms with Gasteiger partial charge in [-0.1, -0.05) is 24.3 Å². The van der Waals surface area contributed by atoms with Crippen LogP contribution in [0.15, 0.2) is 66.7 Å². The summed E-state index contributed by atoms with van der Waals surface area (Å²) in [7, 11) is 0. The van der Waals surface area contributed by atoms with E-state index in [4.69, 9.17) is 0 Å². The lowest BCUT2D eigenvalue weighted by atomic mass is 9.90. The number of aryl methyl sites for hydroxylation is 1. The number of nitrogens with zero attached hydrogens (tertiary/aromatic N) is 1. The average molecular weight is 396 g/mol. The van der Waals surface area contributed by atoms with Crippen molar-refractivity contribution >= 4 is 29.1 Å². The molecule has 5 rings (SSSR count). The number of benzene rings is 3. The van der Waals surface area contributed by atoms with Crippen molar-refractivity contribution in [3.63, 3.8) is 0 Å². The molecule has 1 N–H and O–H groups in total. The first kappa shape index (κ1) is 18.3. The molecule has 5 nitrogen and oxygen atoms in total. The summed E-state index contributed by atoms with van der Waals surface area (Å²) >= 11 is 0. The number of amides is 3. The summed E-state index contributed by atoms with van der Waals surface area (Å²) in [5.41, 5.74) is 5.12. The SMILES string of the molecule is O=C(Nc1cccc2c1CCCC2)c1ccc(N2C(=O)c3ccccc3C2=O)cc1.